The van der Waals surface area contributed by atoms with Crippen LogP contribution in [-0.2, 0) is 16.1 Å². The molecule has 1 aromatic carbocycles. The average Bonchev–Trinajstić information content (AvgIpc) is 3.00. The number of methoxy groups -OCH3 is 1. The van der Waals surface area contributed by atoms with E-state index in [1.165, 1.54) is 0 Å². The number of nitrogens with one attached hydrogen (secondary N) is 2. The van der Waals surface area contributed by atoms with Crippen molar-refractivity contribution in [2.75, 3.05) is 26.7 Å². The minimum Gasteiger partial charge on any atom is -0.497 e. The van der Waals surface area contributed by atoms with Gasteiger partial charge in [-0.25, -0.2) is 0 Å². The molecule has 0 aliphatic carbocycles. The highest BCUT2D eigenvalue weighted by molar-refractivity contribution is 5.88. The van der Waals surface area contributed by atoms with E-state index in [0.29, 0.717) is 19.6 Å². The summed E-state index contributed by atoms with van der Waals surface area (Å²) in [5.74, 6) is 0.538. The second-order valence-corrected chi connectivity index (χ2v) is 7.40. The minimum absolute atomic E-state index is 0.0117. The Balaban J connectivity index is 1.59. The van der Waals surface area contributed by atoms with Gasteiger partial charge in [-0.15, -0.1) is 0 Å². The number of rotatable bonds is 5. The van der Waals surface area contributed by atoms with E-state index in [0.717, 1.165) is 11.3 Å². The second-order valence-electron chi connectivity index (χ2n) is 7.40. The predicted molar refractivity (Wildman–Crippen MR) is 102 cm³/mol. The summed E-state index contributed by atoms with van der Waals surface area (Å²) in [4.78, 5) is 28.8. The summed E-state index contributed by atoms with van der Waals surface area (Å²) >= 11 is 0. The van der Waals surface area contributed by atoms with Crippen molar-refractivity contribution < 1.29 is 14.3 Å². The second kappa shape index (κ2) is 8.24. The molecule has 8 nitrogen and oxygen atoms in total. The van der Waals surface area contributed by atoms with E-state index in [1.807, 2.05) is 38.1 Å². The van der Waals surface area contributed by atoms with Crippen LogP contribution in [0.5, 0.6) is 5.75 Å². The normalized spacial score (nSPS) is 27.0. The maximum Gasteiger partial charge on any atom is 0.242 e. The zero-order valence-corrected chi connectivity index (χ0v) is 16.1. The van der Waals surface area contributed by atoms with E-state index in [4.69, 9.17) is 10.5 Å². The molecule has 2 heterocycles. The summed E-state index contributed by atoms with van der Waals surface area (Å²) in [5, 5.41) is 0. The lowest BCUT2D eigenvalue weighted by molar-refractivity contribution is -0.147. The van der Waals surface area contributed by atoms with E-state index in [-0.39, 0.29) is 36.4 Å². The molecule has 2 aliphatic rings. The van der Waals surface area contributed by atoms with Crippen LogP contribution in [0.15, 0.2) is 24.3 Å². The first kappa shape index (κ1) is 19.6. The minimum atomic E-state index is -0.629. The fourth-order valence-electron chi connectivity index (χ4n) is 3.94. The van der Waals surface area contributed by atoms with Crippen molar-refractivity contribution in [1.29, 1.82) is 0 Å². The fourth-order valence-corrected chi connectivity index (χ4v) is 3.94. The van der Waals surface area contributed by atoms with Crippen molar-refractivity contribution in [2.45, 2.75) is 38.5 Å². The molecule has 0 spiro atoms. The van der Waals surface area contributed by atoms with Crippen molar-refractivity contribution in [3.8, 4) is 5.75 Å². The summed E-state index contributed by atoms with van der Waals surface area (Å²) in [5.41, 5.74) is 13.5. The number of carbonyl (C=O) groups excluding carboxylic acids is 2. The highest BCUT2D eigenvalue weighted by Gasteiger charge is 2.40. The molecular formula is C19H29N5O3. The molecule has 2 fully saturated rings. The van der Waals surface area contributed by atoms with Crippen molar-refractivity contribution in [3.05, 3.63) is 29.8 Å². The lowest BCUT2D eigenvalue weighted by Crippen LogP contribution is -2.58. The van der Waals surface area contributed by atoms with Gasteiger partial charge in [-0.3, -0.25) is 20.4 Å². The van der Waals surface area contributed by atoms with Gasteiger partial charge in [0.2, 0.25) is 11.8 Å². The quantitative estimate of drug-likeness (QED) is 0.653. The van der Waals surface area contributed by atoms with Crippen LogP contribution >= 0.6 is 0 Å². The molecule has 0 radical (unpaired) electrons. The smallest absolute Gasteiger partial charge is 0.242 e. The number of hydrogen-bond acceptors (Lipinski definition) is 6. The Morgan fingerprint density at radius 3 is 2.63 bits per heavy atom. The highest BCUT2D eigenvalue weighted by Crippen LogP contribution is 2.20. The third-order valence-corrected chi connectivity index (χ3v) is 5.53. The first-order valence-electron chi connectivity index (χ1n) is 9.37. The highest BCUT2D eigenvalue weighted by atomic mass is 16.5. The van der Waals surface area contributed by atoms with E-state index in [2.05, 4.69) is 10.9 Å². The summed E-state index contributed by atoms with van der Waals surface area (Å²) in [6, 6.07) is 7.24. The van der Waals surface area contributed by atoms with Crippen LogP contribution in [0.2, 0.25) is 0 Å². The summed E-state index contributed by atoms with van der Waals surface area (Å²) in [6.07, 6.45) is 0. The Morgan fingerprint density at radius 1 is 1.30 bits per heavy atom. The van der Waals surface area contributed by atoms with E-state index >= 15 is 0 Å². The Labute approximate surface area is 160 Å². The summed E-state index contributed by atoms with van der Waals surface area (Å²) in [7, 11) is 1.62. The predicted octanol–water partition coefficient (Wildman–Crippen LogP) is -0.306. The molecular weight excluding hydrogens is 346 g/mol. The first-order chi connectivity index (χ1) is 12.9. The van der Waals surface area contributed by atoms with E-state index < -0.39 is 6.04 Å². The van der Waals surface area contributed by atoms with Gasteiger partial charge < -0.3 is 20.3 Å². The van der Waals surface area contributed by atoms with Crippen LogP contribution < -0.4 is 21.3 Å². The molecule has 148 valence electrons. The zero-order valence-electron chi connectivity index (χ0n) is 16.1. The van der Waals surface area contributed by atoms with Gasteiger partial charge in [-0.1, -0.05) is 12.1 Å². The van der Waals surface area contributed by atoms with Crippen LogP contribution in [0.3, 0.4) is 0 Å². The number of hydrogen-bond donors (Lipinski definition) is 3. The fraction of sp³-hybridized carbons (Fsp3) is 0.579. The van der Waals surface area contributed by atoms with Crippen molar-refractivity contribution in [3.63, 3.8) is 0 Å². The van der Waals surface area contributed by atoms with Crippen LogP contribution in [0.1, 0.15) is 19.4 Å². The van der Waals surface area contributed by atoms with Crippen LogP contribution in [0.4, 0.5) is 0 Å². The van der Waals surface area contributed by atoms with Gasteiger partial charge in [-0.05, 0) is 31.5 Å². The molecule has 2 aliphatic heterocycles. The number of ether oxygens (including phenoxy) is 1. The first-order valence-corrected chi connectivity index (χ1v) is 9.37. The monoisotopic (exact) mass is 375 g/mol. The van der Waals surface area contributed by atoms with Crippen molar-refractivity contribution in [1.82, 2.24) is 20.7 Å². The van der Waals surface area contributed by atoms with Crippen LogP contribution in [0, 0.1) is 5.92 Å². The molecule has 2 amide bonds. The topological polar surface area (TPSA) is 99.9 Å². The lowest BCUT2D eigenvalue weighted by Gasteiger charge is -2.37. The van der Waals surface area contributed by atoms with Gasteiger partial charge in [0.15, 0.2) is 0 Å². The van der Waals surface area contributed by atoms with Gasteiger partial charge in [0.05, 0.1) is 19.7 Å². The van der Waals surface area contributed by atoms with Gasteiger partial charge in [0, 0.05) is 37.6 Å². The molecule has 4 N–H and O–H groups in total. The number of piperazine rings is 1. The summed E-state index contributed by atoms with van der Waals surface area (Å²) in [6.45, 7) is 5.60. The molecule has 2 saturated heterocycles. The molecule has 1 aromatic rings. The molecule has 0 bridgehead atoms. The SMILES string of the molecule is COc1cccc(CN2CCN(C(=O)C(N)C3C(C)NNC3C)CC2=O)c1. The molecule has 0 saturated carbocycles. The largest absolute Gasteiger partial charge is 0.497 e. The van der Waals surface area contributed by atoms with Crippen LogP contribution in [0.25, 0.3) is 0 Å². The molecule has 8 heteroatoms. The summed E-state index contributed by atoms with van der Waals surface area (Å²) < 4.78 is 5.23. The third-order valence-electron chi connectivity index (χ3n) is 5.53. The number of benzene rings is 1. The van der Waals surface area contributed by atoms with E-state index in [9.17, 15) is 9.59 Å². The van der Waals surface area contributed by atoms with Crippen molar-refractivity contribution >= 4 is 11.8 Å². The zero-order chi connectivity index (χ0) is 19.6. The average molecular weight is 375 g/mol. The Bertz CT molecular complexity index is 688. The Morgan fingerprint density at radius 2 is 2.00 bits per heavy atom. The molecule has 27 heavy (non-hydrogen) atoms. The number of nitrogens with two attached hydrogens (primary N) is 1. The third kappa shape index (κ3) is 4.23. The number of amides is 2. The Kier molecular flexibility index (Phi) is 5.98. The number of hydrazine groups is 1. The van der Waals surface area contributed by atoms with Gasteiger partial charge in [0.25, 0.3) is 0 Å². The maximum atomic E-state index is 12.8. The standard InChI is InChI=1S/C19H29N5O3/c1-12-17(13(2)22-21-12)18(20)19(26)24-8-7-23(16(25)11-24)10-14-5-4-6-15(9-14)27-3/h4-6,9,12-13,17-18,21-22H,7-8,10-11,20H2,1-3H3. The van der Waals surface area contributed by atoms with E-state index in [1.54, 1.807) is 16.9 Å². The lowest BCUT2D eigenvalue weighted by atomic mass is 9.88. The molecule has 3 atom stereocenters. The molecule has 3 unspecified atom stereocenters. The van der Waals surface area contributed by atoms with Gasteiger partial charge >= 0.3 is 0 Å². The number of nitrogens with zero attached hydrogens (tertiary/aromatic N) is 2. The maximum absolute atomic E-state index is 12.8. The van der Waals surface area contributed by atoms with Crippen LogP contribution in [-0.4, -0.2) is 66.5 Å². The molecule has 3 rings (SSSR count). The van der Waals surface area contributed by atoms with Crippen molar-refractivity contribution in [2.24, 2.45) is 11.7 Å². The molecule has 0 aromatic heterocycles. The number of carbonyl (C=O) groups is 2. The Hall–Kier alpha value is -2.16. The van der Waals surface area contributed by atoms with Gasteiger partial charge in [-0.2, -0.15) is 0 Å². The van der Waals surface area contributed by atoms with Gasteiger partial charge in [0.1, 0.15) is 5.75 Å².